The van der Waals surface area contributed by atoms with Crippen molar-refractivity contribution in [3.05, 3.63) is 104 Å². The summed E-state index contributed by atoms with van der Waals surface area (Å²) in [4.78, 5) is 43.8. The minimum Gasteiger partial charge on any atom is -0.367 e. The molecule has 1 aliphatic carbocycles. The number of alkyl halides is 6. The van der Waals surface area contributed by atoms with Gasteiger partial charge in [-0.2, -0.15) is 26.3 Å². The van der Waals surface area contributed by atoms with Crippen molar-refractivity contribution in [3.8, 4) is 0 Å². The number of ketones is 1. The number of amides is 2. The molecule has 306 valence electrons. The van der Waals surface area contributed by atoms with Crippen molar-refractivity contribution in [3.63, 3.8) is 0 Å². The van der Waals surface area contributed by atoms with E-state index in [-0.39, 0.29) is 65.6 Å². The molecular formula is C41H41Cl2F6N3O5. The number of carbonyl (C=O) groups is 3. The fourth-order valence-electron chi connectivity index (χ4n) is 8.81. The number of likely N-dealkylation sites (tertiary alicyclic amines) is 2. The third-order valence-corrected chi connectivity index (χ3v) is 12.7. The molecule has 7 rings (SSSR count). The van der Waals surface area contributed by atoms with Crippen LogP contribution in [0.25, 0.3) is 0 Å². The van der Waals surface area contributed by atoms with Gasteiger partial charge in [-0.1, -0.05) is 53.5 Å². The highest BCUT2D eigenvalue weighted by Crippen LogP contribution is 2.48. The van der Waals surface area contributed by atoms with Crippen molar-refractivity contribution in [1.29, 1.82) is 0 Å². The fraction of sp³-hybridized carbons (Fsp3) is 0.488. The summed E-state index contributed by atoms with van der Waals surface area (Å²) in [6.45, 7) is 2.23. The smallest absolute Gasteiger partial charge is 0.367 e. The van der Waals surface area contributed by atoms with E-state index in [1.807, 2.05) is 12.1 Å². The van der Waals surface area contributed by atoms with Crippen LogP contribution in [0.4, 0.5) is 26.3 Å². The topological polar surface area (TPSA) is 79.4 Å². The van der Waals surface area contributed by atoms with Gasteiger partial charge in [0.25, 0.3) is 5.91 Å². The van der Waals surface area contributed by atoms with Crippen LogP contribution >= 0.6 is 23.2 Å². The number of nitrogens with zero attached hydrogens (tertiary/aromatic N) is 3. The quantitative estimate of drug-likeness (QED) is 0.215. The molecule has 1 spiro atoms. The van der Waals surface area contributed by atoms with Gasteiger partial charge >= 0.3 is 12.4 Å². The van der Waals surface area contributed by atoms with Crippen LogP contribution in [0.1, 0.15) is 70.3 Å². The summed E-state index contributed by atoms with van der Waals surface area (Å²) in [5.74, 6) is -0.969. The van der Waals surface area contributed by atoms with Gasteiger partial charge in [0.15, 0.2) is 0 Å². The Morgan fingerprint density at radius 3 is 2.14 bits per heavy atom. The zero-order valence-electron chi connectivity index (χ0n) is 30.9. The molecule has 3 fully saturated rings. The second kappa shape index (κ2) is 16.2. The van der Waals surface area contributed by atoms with Crippen LogP contribution in [0.5, 0.6) is 0 Å². The molecule has 0 aromatic heterocycles. The lowest BCUT2D eigenvalue weighted by atomic mass is 9.72. The summed E-state index contributed by atoms with van der Waals surface area (Å²) in [5.41, 5.74) is -2.50. The number of rotatable bonds is 8. The van der Waals surface area contributed by atoms with Crippen molar-refractivity contribution in [2.45, 2.75) is 68.0 Å². The number of Topliss-reactive ketones (excluding diaryl/α,β-unsaturated/α-hetero) is 1. The van der Waals surface area contributed by atoms with Crippen molar-refractivity contribution < 1.29 is 50.2 Å². The summed E-state index contributed by atoms with van der Waals surface area (Å²) in [6, 6.07) is 14.0. The Hall–Kier alpha value is -3.69. The van der Waals surface area contributed by atoms with Gasteiger partial charge in [0.2, 0.25) is 5.91 Å². The second-order valence-corrected chi connectivity index (χ2v) is 16.1. The highest BCUT2D eigenvalue weighted by atomic mass is 35.5. The lowest BCUT2D eigenvalue weighted by molar-refractivity contribution is -0.144. The van der Waals surface area contributed by atoms with E-state index < -0.39 is 40.6 Å². The molecular weight excluding hydrogens is 799 g/mol. The zero-order chi connectivity index (χ0) is 40.8. The number of carbonyl (C=O) groups excluding carboxylic acids is 3. The van der Waals surface area contributed by atoms with Crippen molar-refractivity contribution in [1.82, 2.24) is 14.7 Å². The summed E-state index contributed by atoms with van der Waals surface area (Å²) in [6.07, 6.45) is -7.33. The third-order valence-electron chi connectivity index (χ3n) is 12.0. The van der Waals surface area contributed by atoms with Gasteiger partial charge in [0.1, 0.15) is 18.0 Å². The minimum atomic E-state index is -5.11. The number of ether oxygens (including phenoxy) is 2. The number of morpholine rings is 1. The van der Waals surface area contributed by atoms with Gasteiger partial charge in [0, 0.05) is 50.0 Å². The first-order valence-electron chi connectivity index (χ1n) is 18.9. The van der Waals surface area contributed by atoms with Crippen LogP contribution in [0.2, 0.25) is 10.0 Å². The molecule has 8 nitrogen and oxygen atoms in total. The van der Waals surface area contributed by atoms with E-state index in [2.05, 4.69) is 17.0 Å². The first-order valence-corrected chi connectivity index (χ1v) is 19.6. The largest absolute Gasteiger partial charge is 0.416 e. The number of hydrogen-bond acceptors (Lipinski definition) is 6. The predicted molar refractivity (Wildman–Crippen MR) is 199 cm³/mol. The van der Waals surface area contributed by atoms with E-state index >= 15 is 0 Å². The summed E-state index contributed by atoms with van der Waals surface area (Å²) >= 11 is 12.7. The molecule has 0 saturated carbocycles. The molecule has 0 N–H and O–H groups in total. The minimum absolute atomic E-state index is 0.00332. The van der Waals surface area contributed by atoms with Gasteiger partial charge in [-0.25, -0.2) is 0 Å². The van der Waals surface area contributed by atoms with Crippen molar-refractivity contribution >= 4 is 40.8 Å². The van der Waals surface area contributed by atoms with Gasteiger partial charge < -0.3 is 24.2 Å². The SMILES string of the molecule is O=C1CCN(C(=O)CO[C@H]2Cc3ccccc3C23CCN(CC[C@@]2(c4ccc(Cl)c(Cl)c4)CN(C(=O)c4cc(C(F)(F)F)cc(C(F)(F)F)c4)CCO2)CC3)CC1. The summed E-state index contributed by atoms with van der Waals surface area (Å²) in [5, 5.41) is 0.483. The number of benzene rings is 3. The monoisotopic (exact) mass is 839 g/mol. The zero-order valence-corrected chi connectivity index (χ0v) is 32.4. The molecule has 4 aliphatic rings. The molecule has 0 unspecified atom stereocenters. The molecule has 3 saturated heterocycles. The van der Waals surface area contributed by atoms with Gasteiger partial charge in [-0.3, -0.25) is 14.4 Å². The van der Waals surface area contributed by atoms with Gasteiger partial charge in [0.05, 0.1) is 40.4 Å². The van der Waals surface area contributed by atoms with E-state index in [1.165, 1.54) is 16.0 Å². The number of halogens is 8. The Morgan fingerprint density at radius 2 is 1.49 bits per heavy atom. The van der Waals surface area contributed by atoms with Gasteiger partial charge in [-0.05, 0) is 85.8 Å². The Labute approximate surface area is 336 Å². The van der Waals surface area contributed by atoms with E-state index in [4.69, 9.17) is 32.7 Å². The number of piperidine rings is 2. The average Bonchev–Trinajstić information content (AvgIpc) is 3.49. The van der Waals surface area contributed by atoms with Gasteiger partial charge in [-0.15, -0.1) is 0 Å². The highest BCUT2D eigenvalue weighted by Gasteiger charge is 2.50. The fourth-order valence-corrected chi connectivity index (χ4v) is 9.11. The normalized spacial score (nSPS) is 22.9. The first-order chi connectivity index (χ1) is 27.0. The maximum absolute atomic E-state index is 13.8. The molecule has 0 radical (unpaired) electrons. The molecule has 3 heterocycles. The van der Waals surface area contributed by atoms with E-state index in [0.717, 1.165) is 12.8 Å². The second-order valence-electron chi connectivity index (χ2n) is 15.3. The average molecular weight is 841 g/mol. The van der Waals surface area contributed by atoms with Crippen LogP contribution in [0.15, 0.2) is 60.7 Å². The molecule has 2 atom stereocenters. The van der Waals surface area contributed by atoms with E-state index in [9.17, 15) is 40.7 Å². The first kappa shape index (κ1) is 41.5. The Balaban J connectivity index is 1.09. The van der Waals surface area contributed by atoms with Crippen LogP contribution in [-0.2, 0) is 48.9 Å². The maximum atomic E-state index is 13.8. The van der Waals surface area contributed by atoms with Crippen LogP contribution in [-0.4, -0.2) is 97.4 Å². The molecule has 2 amide bonds. The molecule has 57 heavy (non-hydrogen) atoms. The Bertz CT molecular complexity index is 1980. The highest BCUT2D eigenvalue weighted by molar-refractivity contribution is 6.42. The van der Waals surface area contributed by atoms with Crippen LogP contribution < -0.4 is 0 Å². The maximum Gasteiger partial charge on any atom is 0.416 e. The summed E-state index contributed by atoms with van der Waals surface area (Å²) in [7, 11) is 0. The molecule has 0 bridgehead atoms. The van der Waals surface area contributed by atoms with E-state index in [0.29, 0.717) is 76.1 Å². The molecule has 16 heteroatoms. The molecule has 3 aromatic rings. The standard InChI is InChI=1S/C41H41Cl2F6N3O5/c42-33-6-5-28(23-34(33)43)39(25-52(17-18-57-39)37(55)27-19-29(40(44,45)46)22-30(20-27)41(47,48)49)11-16-50-14-9-38(10-15-50)32-4-2-1-3-26(32)21-35(38)56-24-36(54)51-12-7-31(53)8-13-51/h1-6,19-20,22-23,35H,7-18,21,24-25H2/t35-,39-/m0/s1. The lowest BCUT2D eigenvalue weighted by Gasteiger charge is -2.46. The third kappa shape index (κ3) is 8.71. The van der Waals surface area contributed by atoms with Crippen LogP contribution in [0.3, 0.4) is 0 Å². The van der Waals surface area contributed by atoms with Crippen molar-refractivity contribution in [2.75, 3.05) is 59.0 Å². The summed E-state index contributed by atoms with van der Waals surface area (Å²) < 4.78 is 95.1. The molecule has 3 aromatic carbocycles. The lowest BCUT2D eigenvalue weighted by Crippen LogP contribution is -2.54. The molecule has 3 aliphatic heterocycles. The number of fused-ring (bicyclic) bond motifs is 2. The predicted octanol–water partition coefficient (Wildman–Crippen LogP) is 7.96. The van der Waals surface area contributed by atoms with Crippen molar-refractivity contribution in [2.24, 2.45) is 0 Å². The Morgan fingerprint density at radius 1 is 0.825 bits per heavy atom. The Kier molecular flexibility index (Phi) is 11.8. The van der Waals surface area contributed by atoms with Crippen LogP contribution in [0, 0.1) is 0 Å². The van der Waals surface area contributed by atoms with E-state index in [1.54, 1.807) is 23.1 Å². The number of hydrogen-bond donors (Lipinski definition) is 0.